The van der Waals surface area contributed by atoms with Gasteiger partial charge in [0.05, 0.1) is 17.3 Å². The summed E-state index contributed by atoms with van der Waals surface area (Å²) in [6.07, 6.45) is 0.527. The first kappa shape index (κ1) is 26.4. The molecule has 0 radical (unpaired) electrons. The largest absolute Gasteiger partial charge is 0.460 e. The van der Waals surface area contributed by atoms with Crippen LogP contribution >= 0.6 is 11.6 Å². The van der Waals surface area contributed by atoms with Gasteiger partial charge < -0.3 is 20.1 Å². The Labute approximate surface area is 208 Å². The number of carbonyl (C=O) groups excluding carboxylic acids is 3. The number of ether oxygens (including phenoxy) is 2. The average Bonchev–Trinajstić information content (AvgIpc) is 3.23. The van der Waals surface area contributed by atoms with Crippen LogP contribution < -0.4 is 15.5 Å². The second kappa shape index (κ2) is 12.0. The summed E-state index contributed by atoms with van der Waals surface area (Å²) < 4.78 is 37.5. The van der Waals surface area contributed by atoms with Crippen molar-refractivity contribution >= 4 is 41.1 Å². The van der Waals surface area contributed by atoms with E-state index in [9.17, 15) is 23.2 Å². The summed E-state index contributed by atoms with van der Waals surface area (Å²) in [6.45, 7) is -0.758. The number of benzene rings is 1. The molecule has 0 saturated heterocycles. The van der Waals surface area contributed by atoms with E-state index < -0.39 is 42.2 Å². The van der Waals surface area contributed by atoms with Crippen LogP contribution in [0.1, 0.15) is 16.1 Å². The zero-order valence-corrected chi connectivity index (χ0v) is 19.8. The molecule has 0 saturated carbocycles. The Hall–Kier alpha value is -4.17. The first-order valence-corrected chi connectivity index (χ1v) is 10.6. The fourth-order valence-electron chi connectivity index (χ4n) is 2.79. The van der Waals surface area contributed by atoms with Crippen molar-refractivity contribution in [2.45, 2.75) is 13.3 Å². The summed E-state index contributed by atoms with van der Waals surface area (Å²) in [5.41, 5.74) is -0.230. The second-order valence-electron chi connectivity index (χ2n) is 7.07. The standard InChI is InChI=1S/C21H20ClF2N7O5/c1-25-9-16(32)35-10-12-4-3-7-26-19(12)30(2)21(34)36-11-31-28-17(18(24)29-31)20(33)27-15-6-5-13(23)8-14(15)22/h3-8,25H,9-11H2,1-2H3,(H,27,33). The lowest BCUT2D eigenvalue weighted by molar-refractivity contribution is -0.143. The molecular weight excluding hydrogens is 504 g/mol. The number of nitrogens with zero attached hydrogens (tertiary/aromatic N) is 5. The number of aromatic nitrogens is 4. The van der Waals surface area contributed by atoms with Crippen LogP contribution in [0.5, 0.6) is 0 Å². The average molecular weight is 524 g/mol. The van der Waals surface area contributed by atoms with Gasteiger partial charge in [0.2, 0.25) is 12.4 Å². The molecule has 36 heavy (non-hydrogen) atoms. The van der Waals surface area contributed by atoms with Crippen molar-refractivity contribution in [2.24, 2.45) is 0 Å². The third kappa shape index (κ3) is 6.70. The smallest absolute Gasteiger partial charge is 0.417 e. The number of anilines is 2. The van der Waals surface area contributed by atoms with Gasteiger partial charge in [0.15, 0.2) is 0 Å². The van der Waals surface area contributed by atoms with E-state index in [-0.39, 0.29) is 29.7 Å². The maximum absolute atomic E-state index is 14.2. The maximum Gasteiger partial charge on any atom is 0.417 e. The highest BCUT2D eigenvalue weighted by Gasteiger charge is 2.22. The lowest BCUT2D eigenvalue weighted by Crippen LogP contribution is -2.30. The summed E-state index contributed by atoms with van der Waals surface area (Å²) >= 11 is 5.85. The molecule has 3 rings (SSSR count). The van der Waals surface area contributed by atoms with Gasteiger partial charge in [-0.3, -0.25) is 14.5 Å². The molecule has 3 aromatic rings. The van der Waals surface area contributed by atoms with Gasteiger partial charge in [-0.1, -0.05) is 17.7 Å². The van der Waals surface area contributed by atoms with Crippen LogP contribution in [0, 0.1) is 11.8 Å². The second-order valence-corrected chi connectivity index (χ2v) is 7.47. The monoisotopic (exact) mass is 523 g/mol. The topological polar surface area (TPSA) is 141 Å². The molecular formula is C21H20ClF2N7O5. The van der Waals surface area contributed by atoms with Crippen molar-refractivity contribution in [3.05, 3.63) is 64.6 Å². The quantitative estimate of drug-likeness (QED) is 0.404. The van der Waals surface area contributed by atoms with Crippen LogP contribution in [0.15, 0.2) is 36.5 Å². The fraction of sp³-hybridized carbons (Fsp3) is 0.238. The van der Waals surface area contributed by atoms with Crippen molar-refractivity contribution in [3.8, 4) is 0 Å². The van der Waals surface area contributed by atoms with E-state index >= 15 is 0 Å². The number of likely N-dealkylation sites (N-methyl/N-ethyl adjacent to an activating group) is 1. The van der Waals surface area contributed by atoms with Crippen molar-refractivity contribution in [3.63, 3.8) is 0 Å². The number of rotatable bonds is 9. The van der Waals surface area contributed by atoms with Gasteiger partial charge >= 0.3 is 12.1 Å². The van der Waals surface area contributed by atoms with Crippen molar-refractivity contribution in [1.82, 2.24) is 25.3 Å². The number of hydrogen-bond acceptors (Lipinski definition) is 9. The van der Waals surface area contributed by atoms with Crippen LogP contribution in [0.4, 0.5) is 25.1 Å². The van der Waals surface area contributed by atoms with E-state index in [4.69, 9.17) is 21.1 Å². The Morgan fingerprint density at radius 3 is 2.67 bits per heavy atom. The molecule has 12 nitrogen and oxygen atoms in total. The SMILES string of the molecule is CNCC(=O)OCc1cccnc1N(C)C(=O)OCn1nc(F)c(C(=O)Nc2ccc(F)cc2Cl)n1. The van der Waals surface area contributed by atoms with Gasteiger partial charge in [-0.05, 0) is 31.3 Å². The molecule has 2 aromatic heterocycles. The van der Waals surface area contributed by atoms with E-state index in [1.807, 2.05) is 0 Å². The molecule has 0 aliphatic rings. The minimum atomic E-state index is -1.23. The molecule has 190 valence electrons. The van der Waals surface area contributed by atoms with E-state index in [2.05, 4.69) is 25.8 Å². The normalized spacial score (nSPS) is 10.6. The van der Waals surface area contributed by atoms with Crippen LogP contribution in [0.25, 0.3) is 0 Å². The Morgan fingerprint density at radius 2 is 1.94 bits per heavy atom. The lowest BCUT2D eigenvalue weighted by atomic mass is 10.2. The van der Waals surface area contributed by atoms with Gasteiger partial charge in [0.1, 0.15) is 18.2 Å². The molecule has 0 spiro atoms. The predicted octanol–water partition coefficient (Wildman–Crippen LogP) is 2.35. The first-order valence-electron chi connectivity index (χ1n) is 10.2. The Kier molecular flexibility index (Phi) is 8.81. The zero-order chi connectivity index (χ0) is 26.2. The van der Waals surface area contributed by atoms with Crippen LogP contribution in [-0.2, 0) is 27.6 Å². The summed E-state index contributed by atoms with van der Waals surface area (Å²) in [5.74, 6) is -3.18. The summed E-state index contributed by atoms with van der Waals surface area (Å²) in [7, 11) is 2.96. The number of carbonyl (C=O) groups is 3. The molecule has 1 aromatic carbocycles. The number of pyridine rings is 1. The zero-order valence-electron chi connectivity index (χ0n) is 19.0. The minimum Gasteiger partial charge on any atom is -0.460 e. The summed E-state index contributed by atoms with van der Waals surface area (Å²) in [6, 6.07) is 6.44. The van der Waals surface area contributed by atoms with Crippen LogP contribution in [0.3, 0.4) is 0 Å². The molecule has 2 N–H and O–H groups in total. The van der Waals surface area contributed by atoms with E-state index in [0.717, 1.165) is 17.0 Å². The minimum absolute atomic E-state index is 0.0118. The molecule has 0 unspecified atom stereocenters. The molecule has 0 atom stereocenters. The number of halogens is 3. The van der Waals surface area contributed by atoms with Crippen molar-refractivity contribution in [2.75, 3.05) is 30.9 Å². The third-order valence-electron chi connectivity index (χ3n) is 4.48. The highest BCUT2D eigenvalue weighted by atomic mass is 35.5. The number of hydrogen-bond donors (Lipinski definition) is 2. The Morgan fingerprint density at radius 1 is 1.17 bits per heavy atom. The maximum atomic E-state index is 14.2. The predicted molar refractivity (Wildman–Crippen MR) is 122 cm³/mol. The first-order chi connectivity index (χ1) is 17.2. The molecule has 0 bridgehead atoms. The molecule has 15 heteroatoms. The Balaban J connectivity index is 1.62. The Bertz CT molecular complexity index is 1270. The van der Waals surface area contributed by atoms with Gasteiger partial charge in [0.25, 0.3) is 11.9 Å². The van der Waals surface area contributed by atoms with Crippen LogP contribution in [-0.4, -0.2) is 58.6 Å². The number of esters is 1. The van der Waals surface area contributed by atoms with E-state index in [1.54, 1.807) is 19.2 Å². The van der Waals surface area contributed by atoms with Gasteiger partial charge in [0, 0.05) is 18.8 Å². The molecule has 2 amide bonds. The lowest BCUT2D eigenvalue weighted by Gasteiger charge is -2.18. The third-order valence-corrected chi connectivity index (χ3v) is 4.79. The van der Waals surface area contributed by atoms with Crippen LogP contribution in [0.2, 0.25) is 5.02 Å². The van der Waals surface area contributed by atoms with E-state index in [0.29, 0.717) is 10.4 Å². The highest BCUT2D eigenvalue weighted by Crippen LogP contribution is 2.23. The molecule has 0 aliphatic heterocycles. The van der Waals surface area contributed by atoms with Crippen molar-refractivity contribution < 1.29 is 32.6 Å². The number of amides is 2. The van der Waals surface area contributed by atoms with Crippen molar-refractivity contribution in [1.29, 1.82) is 0 Å². The summed E-state index contributed by atoms with van der Waals surface area (Å²) in [4.78, 5) is 42.2. The van der Waals surface area contributed by atoms with Gasteiger partial charge in [-0.25, -0.2) is 14.2 Å². The van der Waals surface area contributed by atoms with Gasteiger partial charge in [-0.2, -0.15) is 4.39 Å². The van der Waals surface area contributed by atoms with E-state index in [1.165, 1.54) is 19.3 Å². The van der Waals surface area contributed by atoms with Gasteiger partial charge in [-0.15, -0.1) is 15.0 Å². The molecule has 0 aliphatic carbocycles. The fourth-order valence-corrected chi connectivity index (χ4v) is 3.01. The molecule has 0 fully saturated rings. The molecule has 2 heterocycles. The highest BCUT2D eigenvalue weighted by molar-refractivity contribution is 6.33. The summed E-state index contributed by atoms with van der Waals surface area (Å²) in [5, 5.41) is 11.9. The number of nitrogens with one attached hydrogen (secondary N) is 2.